The van der Waals surface area contributed by atoms with Crippen molar-refractivity contribution in [2.75, 3.05) is 13.1 Å². The van der Waals surface area contributed by atoms with Crippen molar-refractivity contribution in [1.82, 2.24) is 9.88 Å². The van der Waals surface area contributed by atoms with Gasteiger partial charge < -0.3 is 5.48 Å². The molecular formula is C12H16Br2N2O. The number of fused-ring (bicyclic) bond motifs is 2. The van der Waals surface area contributed by atoms with Gasteiger partial charge in [-0.05, 0) is 46.8 Å². The molecule has 1 aromatic rings. The van der Waals surface area contributed by atoms with E-state index in [1.54, 1.807) is 0 Å². The first-order valence-corrected chi connectivity index (χ1v) is 7.41. The van der Waals surface area contributed by atoms with Crippen LogP contribution in [0.2, 0.25) is 0 Å². The quantitative estimate of drug-likeness (QED) is 0.437. The number of halogens is 2. The minimum absolute atomic E-state index is 0. The van der Waals surface area contributed by atoms with E-state index >= 15 is 0 Å². The minimum atomic E-state index is 0. The maximum atomic E-state index is 4.37. The Balaban J connectivity index is 0.00000108. The third-order valence-electron chi connectivity index (χ3n) is 3.98. The zero-order valence-corrected chi connectivity index (χ0v) is 12.7. The molecular weight excluding hydrogens is 348 g/mol. The second-order valence-electron chi connectivity index (χ2n) is 4.84. The van der Waals surface area contributed by atoms with Crippen LogP contribution < -0.4 is 0 Å². The molecule has 3 nitrogen and oxygen atoms in total. The maximum Gasteiger partial charge on any atom is 0.106 e. The molecule has 3 heterocycles. The van der Waals surface area contributed by atoms with Crippen LogP contribution in [0.15, 0.2) is 22.9 Å². The molecule has 2 bridgehead atoms. The molecule has 17 heavy (non-hydrogen) atoms. The van der Waals surface area contributed by atoms with E-state index in [2.05, 4.69) is 53.9 Å². The Kier molecular flexibility index (Phi) is 3.92. The highest BCUT2D eigenvalue weighted by atomic mass is 79.9. The molecule has 2 N–H and O–H groups in total. The molecule has 2 fully saturated rings. The molecule has 0 aromatic carbocycles. The molecule has 2 aliphatic heterocycles. The third-order valence-corrected chi connectivity index (χ3v) is 5.49. The van der Waals surface area contributed by atoms with Crippen LogP contribution in [0.5, 0.6) is 0 Å². The number of hydrogen-bond donors (Lipinski definition) is 0. The molecule has 2 saturated heterocycles. The van der Waals surface area contributed by atoms with E-state index in [0.717, 1.165) is 4.60 Å². The molecule has 3 atom stereocenters. The van der Waals surface area contributed by atoms with Gasteiger partial charge in [-0.25, -0.2) is 4.98 Å². The lowest BCUT2D eigenvalue weighted by Crippen LogP contribution is -2.40. The van der Waals surface area contributed by atoms with E-state index < -0.39 is 0 Å². The van der Waals surface area contributed by atoms with Crippen LogP contribution in [0.25, 0.3) is 0 Å². The fraction of sp³-hybridized carbons (Fsp3) is 0.583. The Morgan fingerprint density at radius 3 is 2.88 bits per heavy atom. The van der Waals surface area contributed by atoms with Gasteiger partial charge >= 0.3 is 0 Å². The predicted molar refractivity (Wildman–Crippen MR) is 75.4 cm³/mol. The molecule has 0 radical (unpaired) electrons. The summed E-state index contributed by atoms with van der Waals surface area (Å²) in [4.78, 5) is 7.51. The summed E-state index contributed by atoms with van der Waals surface area (Å²) in [5.41, 5.74) is 1.79. The number of pyridine rings is 1. The van der Waals surface area contributed by atoms with Gasteiger partial charge in [-0.1, -0.05) is 22.0 Å². The van der Waals surface area contributed by atoms with Crippen LogP contribution in [0.4, 0.5) is 0 Å². The summed E-state index contributed by atoms with van der Waals surface area (Å²) < 4.78 is 0.927. The lowest BCUT2D eigenvalue weighted by molar-refractivity contribution is 0.225. The normalized spacial score (nSPS) is 35.4. The van der Waals surface area contributed by atoms with Crippen LogP contribution >= 0.6 is 31.9 Å². The highest BCUT2D eigenvalue weighted by molar-refractivity contribution is 9.10. The summed E-state index contributed by atoms with van der Waals surface area (Å²) in [6.07, 6.45) is 5.85. The van der Waals surface area contributed by atoms with Gasteiger partial charge in [0, 0.05) is 24.7 Å². The molecule has 0 aliphatic carbocycles. The molecule has 3 unspecified atom stereocenters. The molecule has 1 aromatic heterocycles. The fourth-order valence-corrected chi connectivity index (χ4v) is 3.81. The first-order valence-electron chi connectivity index (χ1n) is 5.70. The Hall–Kier alpha value is 0.0300. The zero-order valence-electron chi connectivity index (χ0n) is 9.50. The lowest BCUT2D eigenvalue weighted by atomic mass is 9.76. The van der Waals surface area contributed by atoms with Gasteiger partial charge in [0.2, 0.25) is 0 Å². The highest BCUT2D eigenvalue weighted by Crippen LogP contribution is 2.45. The van der Waals surface area contributed by atoms with Crippen molar-refractivity contribution in [2.45, 2.75) is 29.6 Å². The van der Waals surface area contributed by atoms with Crippen LogP contribution in [0, 0.1) is 0 Å². The molecule has 2 aliphatic rings. The zero-order chi connectivity index (χ0) is 11.2. The molecule has 3 rings (SSSR count). The van der Waals surface area contributed by atoms with E-state index in [-0.39, 0.29) is 5.48 Å². The number of piperidine rings is 1. The SMILES string of the molecule is Brc1ccc(C23CCC(Br)N(CC2)C3)cn1.O. The Morgan fingerprint density at radius 1 is 1.35 bits per heavy atom. The molecule has 94 valence electrons. The van der Waals surface area contributed by atoms with Crippen molar-refractivity contribution in [3.63, 3.8) is 0 Å². The number of rotatable bonds is 1. The lowest BCUT2D eigenvalue weighted by Gasteiger charge is -2.37. The summed E-state index contributed by atoms with van der Waals surface area (Å²) in [5.74, 6) is 0. The third kappa shape index (κ3) is 2.30. The second kappa shape index (κ2) is 4.96. The van der Waals surface area contributed by atoms with Crippen molar-refractivity contribution in [1.29, 1.82) is 0 Å². The maximum absolute atomic E-state index is 4.37. The van der Waals surface area contributed by atoms with Crippen LogP contribution in [-0.4, -0.2) is 33.4 Å². The topological polar surface area (TPSA) is 47.6 Å². The summed E-state index contributed by atoms with van der Waals surface area (Å²) >= 11 is 7.15. The van der Waals surface area contributed by atoms with Gasteiger partial charge in [0.25, 0.3) is 0 Å². The van der Waals surface area contributed by atoms with Crippen molar-refractivity contribution in [3.05, 3.63) is 28.5 Å². The summed E-state index contributed by atoms with van der Waals surface area (Å²) in [6, 6.07) is 4.29. The molecule has 0 saturated carbocycles. The van der Waals surface area contributed by atoms with E-state index in [0.29, 0.717) is 10.4 Å². The number of alkyl halides is 1. The minimum Gasteiger partial charge on any atom is -0.412 e. The van der Waals surface area contributed by atoms with E-state index in [1.807, 2.05) is 6.20 Å². The van der Waals surface area contributed by atoms with Crippen LogP contribution in [0.3, 0.4) is 0 Å². The number of hydrogen-bond acceptors (Lipinski definition) is 2. The fourth-order valence-electron chi connectivity index (χ4n) is 3.00. The van der Waals surface area contributed by atoms with E-state index in [1.165, 1.54) is 37.9 Å². The monoisotopic (exact) mass is 362 g/mol. The van der Waals surface area contributed by atoms with Gasteiger partial charge in [0.1, 0.15) is 4.60 Å². The standard InChI is InChI=1S/C12H14Br2N2.H2O/c13-10-2-1-9(7-15-10)12-4-3-11(14)16(8-12)6-5-12;/h1-2,7,11H,3-6,8H2;1H2. The van der Waals surface area contributed by atoms with Gasteiger partial charge in [0.05, 0.1) is 4.95 Å². The van der Waals surface area contributed by atoms with Crippen LogP contribution in [0.1, 0.15) is 24.8 Å². The van der Waals surface area contributed by atoms with Crippen molar-refractivity contribution in [2.24, 2.45) is 0 Å². The predicted octanol–water partition coefficient (Wildman–Crippen LogP) is 2.48. The average Bonchev–Trinajstić information content (AvgIpc) is 2.66. The Morgan fingerprint density at radius 2 is 2.18 bits per heavy atom. The molecule has 5 heteroatoms. The van der Waals surface area contributed by atoms with Gasteiger partial charge in [0.15, 0.2) is 0 Å². The van der Waals surface area contributed by atoms with Gasteiger partial charge in [-0.3, -0.25) is 4.90 Å². The van der Waals surface area contributed by atoms with E-state index in [9.17, 15) is 0 Å². The van der Waals surface area contributed by atoms with Crippen molar-refractivity contribution >= 4 is 31.9 Å². The Bertz CT molecular complexity index is 398. The van der Waals surface area contributed by atoms with Crippen molar-refractivity contribution in [3.8, 4) is 0 Å². The Labute approximate surface area is 118 Å². The highest BCUT2D eigenvalue weighted by Gasteiger charge is 2.45. The first-order chi connectivity index (χ1) is 7.70. The summed E-state index contributed by atoms with van der Waals surface area (Å²) in [5, 5.41) is 0. The second-order valence-corrected chi connectivity index (χ2v) is 6.71. The van der Waals surface area contributed by atoms with Crippen LogP contribution in [-0.2, 0) is 5.41 Å². The van der Waals surface area contributed by atoms with Crippen molar-refractivity contribution < 1.29 is 5.48 Å². The molecule has 0 amide bonds. The smallest absolute Gasteiger partial charge is 0.106 e. The summed E-state index contributed by atoms with van der Waals surface area (Å²) in [6.45, 7) is 2.40. The van der Waals surface area contributed by atoms with Gasteiger partial charge in [-0.15, -0.1) is 0 Å². The largest absolute Gasteiger partial charge is 0.412 e. The van der Waals surface area contributed by atoms with E-state index in [4.69, 9.17) is 0 Å². The average molecular weight is 364 g/mol. The molecule has 0 spiro atoms. The number of nitrogens with zero attached hydrogens (tertiary/aromatic N) is 2. The van der Waals surface area contributed by atoms with Gasteiger partial charge in [-0.2, -0.15) is 0 Å². The first kappa shape index (κ1) is 13.5. The number of aromatic nitrogens is 1. The summed E-state index contributed by atoms with van der Waals surface area (Å²) in [7, 11) is 0.